The fourth-order valence-corrected chi connectivity index (χ4v) is 2.54. The summed E-state index contributed by atoms with van der Waals surface area (Å²) in [6, 6.07) is 7.08. The number of hydrogen-bond donors (Lipinski definition) is 2. The Kier molecular flexibility index (Phi) is 6.40. The van der Waals surface area contributed by atoms with Crippen molar-refractivity contribution >= 4 is 17.5 Å². The van der Waals surface area contributed by atoms with Crippen LogP contribution in [0.25, 0.3) is 0 Å². The van der Waals surface area contributed by atoms with Crippen LogP contribution in [0.5, 0.6) is 0 Å². The van der Waals surface area contributed by atoms with E-state index in [1.165, 1.54) is 0 Å². The topological polar surface area (TPSA) is 61.4 Å². The summed E-state index contributed by atoms with van der Waals surface area (Å²) in [5.41, 5.74) is 1.33. The van der Waals surface area contributed by atoms with Gasteiger partial charge in [0.05, 0.1) is 0 Å². The van der Waals surface area contributed by atoms with Crippen LogP contribution in [0.3, 0.4) is 0 Å². The van der Waals surface area contributed by atoms with Gasteiger partial charge < -0.3 is 15.5 Å². The van der Waals surface area contributed by atoms with Gasteiger partial charge in [-0.1, -0.05) is 6.07 Å². The van der Waals surface area contributed by atoms with Gasteiger partial charge >= 0.3 is 0 Å². The molecule has 1 aromatic rings. The molecule has 1 rings (SSSR count). The van der Waals surface area contributed by atoms with Gasteiger partial charge in [-0.2, -0.15) is 0 Å². The van der Waals surface area contributed by atoms with Crippen LogP contribution in [0.4, 0.5) is 5.69 Å². The summed E-state index contributed by atoms with van der Waals surface area (Å²) in [4.78, 5) is 26.1. The van der Waals surface area contributed by atoms with E-state index in [9.17, 15) is 9.59 Å². The third-order valence-electron chi connectivity index (χ3n) is 3.47. The molecule has 5 nitrogen and oxygen atoms in total. The molecule has 2 amide bonds. The summed E-state index contributed by atoms with van der Waals surface area (Å²) in [5.74, 6) is -0.0936. The van der Waals surface area contributed by atoms with E-state index in [4.69, 9.17) is 0 Å². The SMILES string of the molecule is CNC(=O)c1cccc(N[C@H](C)C(=O)N(C(C)C)C(C)C)c1. The number of carbonyl (C=O) groups excluding carboxylic acids is 2. The zero-order valence-corrected chi connectivity index (χ0v) is 14.3. The van der Waals surface area contributed by atoms with Gasteiger partial charge in [0.25, 0.3) is 5.91 Å². The van der Waals surface area contributed by atoms with Crippen molar-refractivity contribution in [3.63, 3.8) is 0 Å². The Morgan fingerprint density at radius 3 is 2.14 bits per heavy atom. The minimum absolute atomic E-state index is 0.0512. The van der Waals surface area contributed by atoms with Crippen molar-refractivity contribution in [2.24, 2.45) is 0 Å². The maximum absolute atomic E-state index is 12.6. The third kappa shape index (κ3) is 4.48. The Labute approximate surface area is 133 Å². The van der Waals surface area contributed by atoms with Crippen LogP contribution in [-0.2, 0) is 4.79 Å². The first-order chi connectivity index (χ1) is 10.3. The average molecular weight is 305 g/mol. The van der Waals surface area contributed by atoms with Gasteiger partial charge in [0.2, 0.25) is 5.91 Å². The van der Waals surface area contributed by atoms with E-state index in [0.717, 1.165) is 5.69 Å². The summed E-state index contributed by atoms with van der Waals surface area (Å²) in [6.07, 6.45) is 0. The van der Waals surface area contributed by atoms with Crippen molar-refractivity contribution in [1.82, 2.24) is 10.2 Å². The smallest absolute Gasteiger partial charge is 0.251 e. The first-order valence-electron chi connectivity index (χ1n) is 7.68. The van der Waals surface area contributed by atoms with Gasteiger partial charge in [-0.25, -0.2) is 0 Å². The molecule has 0 aliphatic carbocycles. The quantitative estimate of drug-likeness (QED) is 0.849. The van der Waals surface area contributed by atoms with E-state index in [1.54, 1.807) is 25.2 Å². The molecular weight excluding hydrogens is 278 g/mol. The lowest BCUT2D eigenvalue weighted by molar-refractivity contribution is -0.135. The van der Waals surface area contributed by atoms with Gasteiger partial charge in [0.1, 0.15) is 6.04 Å². The number of rotatable bonds is 6. The number of anilines is 1. The van der Waals surface area contributed by atoms with E-state index in [1.807, 2.05) is 45.6 Å². The normalized spacial score (nSPS) is 12.2. The minimum Gasteiger partial charge on any atom is -0.374 e. The zero-order valence-electron chi connectivity index (χ0n) is 14.3. The monoisotopic (exact) mass is 305 g/mol. The van der Waals surface area contributed by atoms with Crippen molar-refractivity contribution in [3.8, 4) is 0 Å². The molecule has 2 N–H and O–H groups in total. The second-order valence-electron chi connectivity index (χ2n) is 5.96. The number of carbonyl (C=O) groups is 2. The predicted octanol–water partition coefficient (Wildman–Crippen LogP) is 2.49. The second kappa shape index (κ2) is 7.82. The van der Waals surface area contributed by atoms with Gasteiger partial charge in [0, 0.05) is 30.4 Å². The zero-order chi connectivity index (χ0) is 16.9. The van der Waals surface area contributed by atoms with Gasteiger partial charge in [-0.3, -0.25) is 9.59 Å². The van der Waals surface area contributed by atoms with E-state index >= 15 is 0 Å². The maximum Gasteiger partial charge on any atom is 0.251 e. The van der Waals surface area contributed by atoms with Crippen LogP contribution in [-0.4, -0.2) is 41.9 Å². The average Bonchev–Trinajstić information content (AvgIpc) is 2.45. The molecule has 0 aliphatic heterocycles. The molecule has 0 heterocycles. The van der Waals surface area contributed by atoms with Crippen molar-refractivity contribution in [2.45, 2.75) is 52.7 Å². The van der Waals surface area contributed by atoms with Crippen LogP contribution in [0.2, 0.25) is 0 Å². The molecule has 122 valence electrons. The lowest BCUT2D eigenvalue weighted by Crippen LogP contribution is -2.48. The predicted molar refractivity (Wildman–Crippen MR) is 90.0 cm³/mol. The van der Waals surface area contributed by atoms with E-state index in [0.29, 0.717) is 5.56 Å². The molecule has 0 spiro atoms. The molecule has 1 atom stereocenters. The lowest BCUT2D eigenvalue weighted by atomic mass is 10.1. The van der Waals surface area contributed by atoms with Crippen LogP contribution in [0, 0.1) is 0 Å². The van der Waals surface area contributed by atoms with Gasteiger partial charge in [0.15, 0.2) is 0 Å². The number of amides is 2. The first kappa shape index (κ1) is 18.0. The van der Waals surface area contributed by atoms with E-state index < -0.39 is 0 Å². The maximum atomic E-state index is 12.6. The van der Waals surface area contributed by atoms with E-state index in [-0.39, 0.29) is 29.9 Å². The molecule has 0 aromatic heterocycles. The van der Waals surface area contributed by atoms with Crippen LogP contribution < -0.4 is 10.6 Å². The molecule has 1 aromatic carbocycles. The Hall–Kier alpha value is -2.04. The molecule has 0 saturated carbocycles. The first-order valence-corrected chi connectivity index (χ1v) is 7.68. The Morgan fingerprint density at radius 2 is 1.64 bits per heavy atom. The van der Waals surface area contributed by atoms with Crippen LogP contribution >= 0.6 is 0 Å². The van der Waals surface area contributed by atoms with Crippen LogP contribution in [0.15, 0.2) is 24.3 Å². The number of nitrogens with zero attached hydrogens (tertiary/aromatic N) is 1. The molecule has 0 unspecified atom stereocenters. The fourth-order valence-electron chi connectivity index (χ4n) is 2.54. The highest BCUT2D eigenvalue weighted by Gasteiger charge is 2.25. The highest BCUT2D eigenvalue weighted by molar-refractivity contribution is 5.95. The summed E-state index contributed by atoms with van der Waals surface area (Å²) < 4.78 is 0. The molecule has 0 aliphatic rings. The molecule has 22 heavy (non-hydrogen) atoms. The van der Waals surface area contributed by atoms with Crippen LogP contribution in [0.1, 0.15) is 45.0 Å². The van der Waals surface area contributed by atoms with Gasteiger partial charge in [-0.05, 0) is 52.8 Å². The van der Waals surface area contributed by atoms with E-state index in [2.05, 4.69) is 10.6 Å². The van der Waals surface area contributed by atoms with Crippen molar-refractivity contribution in [1.29, 1.82) is 0 Å². The molecule has 0 saturated heterocycles. The summed E-state index contributed by atoms with van der Waals surface area (Å²) in [6.45, 7) is 9.88. The third-order valence-corrected chi connectivity index (χ3v) is 3.47. The number of hydrogen-bond acceptors (Lipinski definition) is 3. The molecule has 0 bridgehead atoms. The summed E-state index contributed by atoms with van der Waals surface area (Å²) >= 11 is 0. The fraction of sp³-hybridized carbons (Fsp3) is 0.529. The minimum atomic E-state index is -0.357. The molecular formula is C17H27N3O2. The molecule has 0 fully saturated rings. The standard InChI is InChI=1S/C17H27N3O2/c1-11(2)20(12(3)4)17(22)13(5)19-15-9-7-8-14(10-15)16(21)18-6/h7-13,19H,1-6H3,(H,18,21)/t13-/m1/s1. The largest absolute Gasteiger partial charge is 0.374 e. The molecule has 5 heteroatoms. The highest BCUT2D eigenvalue weighted by Crippen LogP contribution is 2.14. The second-order valence-corrected chi connectivity index (χ2v) is 5.96. The van der Waals surface area contributed by atoms with Crippen molar-refractivity contribution < 1.29 is 9.59 Å². The summed E-state index contributed by atoms with van der Waals surface area (Å²) in [5, 5.41) is 5.77. The Balaban J connectivity index is 2.86. The number of nitrogens with one attached hydrogen (secondary N) is 2. The van der Waals surface area contributed by atoms with Crippen molar-refractivity contribution in [2.75, 3.05) is 12.4 Å². The lowest BCUT2D eigenvalue weighted by Gasteiger charge is -2.33. The Bertz CT molecular complexity index is 518. The molecule has 0 radical (unpaired) electrons. The highest BCUT2D eigenvalue weighted by atomic mass is 16.2. The number of benzene rings is 1. The van der Waals surface area contributed by atoms with Gasteiger partial charge in [-0.15, -0.1) is 0 Å². The van der Waals surface area contributed by atoms with Crippen molar-refractivity contribution in [3.05, 3.63) is 29.8 Å². The Morgan fingerprint density at radius 1 is 1.05 bits per heavy atom. The summed E-state index contributed by atoms with van der Waals surface area (Å²) in [7, 11) is 1.59.